The summed E-state index contributed by atoms with van der Waals surface area (Å²) in [5.74, 6) is -2.00. The number of hydrogen-bond acceptors (Lipinski definition) is 6. The van der Waals surface area contributed by atoms with Crippen LogP contribution in [0.3, 0.4) is 0 Å². The fraction of sp³-hybridized carbons (Fsp3) is 0.286. The highest BCUT2D eigenvalue weighted by atomic mass is 35.5. The highest BCUT2D eigenvalue weighted by Gasteiger charge is 2.58. The van der Waals surface area contributed by atoms with Gasteiger partial charge in [0.25, 0.3) is 5.91 Å². The third kappa shape index (κ3) is 4.69. The van der Waals surface area contributed by atoms with E-state index in [-0.39, 0.29) is 24.5 Å². The number of carbonyl (C=O) groups is 1. The van der Waals surface area contributed by atoms with Crippen LogP contribution in [0.15, 0.2) is 58.6 Å². The molecule has 4 rings (SSSR count). The predicted octanol–water partition coefficient (Wildman–Crippen LogP) is 4.23. The largest absolute Gasteiger partial charge is 0.476 e. The lowest BCUT2D eigenvalue weighted by Crippen LogP contribution is -2.48. The number of pyridine rings is 1. The Balaban J connectivity index is 1.67. The summed E-state index contributed by atoms with van der Waals surface area (Å²) in [5.41, 5.74) is -2.33. The number of halogens is 5. The number of ether oxygens (including phenoxy) is 1. The molecule has 1 N–H and O–H groups in total. The summed E-state index contributed by atoms with van der Waals surface area (Å²) < 4.78 is 86.3. The normalized spacial score (nSPS) is 15.3. The zero-order valence-electron chi connectivity index (χ0n) is 17.7. The Bertz CT molecular complexity index is 1370. The SMILES string of the molecule is O=C(NCl)c1ccc(-n2ccc(OCC3(C(F)(F)F)CCC3)n2)nc1S(=O)(=O)c1cccc(F)c1. The highest BCUT2D eigenvalue weighted by Crippen LogP contribution is 2.53. The molecular formula is C21H17ClF4N4O4S. The first-order valence-corrected chi connectivity index (χ1v) is 12.0. The molecule has 1 saturated carbocycles. The summed E-state index contributed by atoms with van der Waals surface area (Å²) in [7, 11) is -4.48. The van der Waals surface area contributed by atoms with Gasteiger partial charge in [-0.2, -0.15) is 13.2 Å². The van der Waals surface area contributed by atoms with Gasteiger partial charge >= 0.3 is 6.18 Å². The number of sulfone groups is 1. The predicted molar refractivity (Wildman–Crippen MR) is 114 cm³/mol. The van der Waals surface area contributed by atoms with Crippen molar-refractivity contribution >= 4 is 27.5 Å². The summed E-state index contributed by atoms with van der Waals surface area (Å²) >= 11 is 5.36. The molecule has 1 aliphatic carbocycles. The van der Waals surface area contributed by atoms with E-state index in [4.69, 9.17) is 16.5 Å². The van der Waals surface area contributed by atoms with Crippen molar-refractivity contribution in [3.8, 4) is 11.7 Å². The van der Waals surface area contributed by atoms with Crippen molar-refractivity contribution in [1.29, 1.82) is 0 Å². The minimum absolute atomic E-state index is 0.0375. The van der Waals surface area contributed by atoms with Crippen LogP contribution in [0.2, 0.25) is 0 Å². The molecule has 2 heterocycles. The molecule has 0 radical (unpaired) electrons. The van der Waals surface area contributed by atoms with Crippen molar-refractivity contribution < 1.29 is 35.5 Å². The second kappa shape index (κ2) is 9.11. The maximum absolute atomic E-state index is 13.7. The molecule has 0 atom stereocenters. The Kier molecular flexibility index (Phi) is 6.49. The van der Waals surface area contributed by atoms with E-state index in [1.807, 2.05) is 0 Å². The molecule has 0 saturated heterocycles. The fourth-order valence-corrected chi connectivity index (χ4v) is 5.08. The molecule has 8 nitrogen and oxygen atoms in total. The van der Waals surface area contributed by atoms with Crippen LogP contribution in [-0.4, -0.2) is 41.9 Å². The number of nitrogens with zero attached hydrogens (tertiary/aromatic N) is 3. The number of rotatable bonds is 7. The molecule has 186 valence electrons. The maximum atomic E-state index is 13.7. The first-order chi connectivity index (χ1) is 16.5. The van der Waals surface area contributed by atoms with Crippen molar-refractivity contribution in [3.05, 3.63) is 60.0 Å². The number of carbonyl (C=O) groups excluding carboxylic acids is 1. The van der Waals surface area contributed by atoms with Crippen LogP contribution in [-0.2, 0) is 9.84 Å². The van der Waals surface area contributed by atoms with Crippen molar-refractivity contribution in [2.45, 2.75) is 35.4 Å². The smallest absolute Gasteiger partial charge is 0.397 e. The molecule has 0 spiro atoms. The molecule has 0 unspecified atom stereocenters. The van der Waals surface area contributed by atoms with E-state index in [1.165, 1.54) is 24.4 Å². The summed E-state index contributed by atoms with van der Waals surface area (Å²) in [4.78, 5) is 17.5. The van der Waals surface area contributed by atoms with E-state index in [0.717, 1.165) is 28.9 Å². The van der Waals surface area contributed by atoms with Crippen molar-refractivity contribution in [2.24, 2.45) is 5.41 Å². The average Bonchev–Trinajstić information content (AvgIpc) is 3.25. The van der Waals surface area contributed by atoms with Crippen LogP contribution in [0.25, 0.3) is 5.82 Å². The zero-order chi connectivity index (χ0) is 25.4. The number of aromatic nitrogens is 3. The van der Waals surface area contributed by atoms with Gasteiger partial charge in [0.15, 0.2) is 10.8 Å². The van der Waals surface area contributed by atoms with Crippen LogP contribution >= 0.6 is 11.8 Å². The van der Waals surface area contributed by atoms with Crippen molar-refractivity contribution in [1.82, 2.24) is 19.6 Å². The molecule has 35 heavy (non-hydrogen) atoms. The Hall–Kier alpha value is -3.19. The molecule has 0 aliphatic heterocycles. The van der Waals surface area contributed by atoms with Gasteiger partial charge < -0.3 is 4.74 Å². The van der Waals surface area contributed by atoms with Crippen LogP contribution in [0.1, 0.15) is 29.6 Å². The van der Waals surface area contributed by atoms with Gasteiger partial charge in [-0.3, -0.25) is 9.63 Å². The number of alkyl halides is 3. The van der Waals surface area contributed by atoms with Crippen LogP contribution in [0.5, 0.6) is 5.88 Å². The molecule has 14 heteroatoms. The summed E-state index contributed by atoms with van der Waals surface area (Å²) in [6.07, 6.45) is -2.73. The topological polar surface area (TPSA) is 103 Å². The molecule has 1 aromatic carbocycles. The molecule has 1 aliphatic rings. The maximum Gasteiger partial charge on any atom is 0.397 e. The van der Waals surface area contributed by atoms with Gasteiger partial charge in [0.05, 0.1) is 10.5 Å². The van der Waals surface area contributed by atoms with E-state index in [0.29, 0.717) is 6.42 Å². The Labute approximate surface area is 201 Å². The number of nitrogens with one attached hydrogen (secondary N) is 1. The Morgan fingerprint density at radius 3 is 2.54 bits per heavy atom. The molecule has 1 amide bonds. The molecule has 0 bridgehead atoms. The number of hydrogen-bond donors (Lipinski definition) is 1. The van der Waals surface area contributed by atoms with Crippen LogP contribution in [0, 0.1) is 11.2 Å². The summed E-state index contributed by atoms with van der Waals surface area (Å²) in [6.45, 7) is -0.602. The molecule has 1 fully saturated rings. The van der Waals surface area contributed by atoms with Gasteiger partial charge in [-0.05, 0) is 43.2 Å². The minimum Gasteiger partial charge on any atom is -0.476 e. The van der Waals surface area contributed by atoms with E-state index in [2.05, 4.69) is 10.1 Å². The minimum atomic E-state index is -4.48. The van der Waals surface area contributed by atoms with Crippen LogP contribution < -0.4 is 9.57 Å². The van der Waals surface area contributed by atoms with Gasteiger partial charge in [0.2, 0.25) is 15.7 Å². The highest BCUT2D eigenvalue weighted by molar-refractivity contribution is 7.91. The lowest BCUT2D eigenvalue weighted by atomic mass is 9.69. The fourth-order valence-electron chi connectivity index (χ4n) is 3.57. The average molecular weight is 533 g/mol. The molecule has 2 aromatic heterocycles. The van der Waals surface area contributed by atoms with Gasteiger partial charge in [-0.25, -0.2) is 22.5 Å². The van der Waals surface area contributed by atoms with Gasteiger partial charge in [-0.1, -0.05) is 12.5 Å². The van der Waals surface area contributed by atoms with Crippen LogP contribution in [0.4, 0.5) is 17.6 Å². The number of amides is 1. The van der Waals surface area contributed by atoms with E-state index in [1.54, 1.807) is 4.84 Å². The zero-order valence-corrected chi connectivity index (χ0v) is 19.3. The van der Waals surface area contributed by atoms with E-state index >= 15 is 0 Å². The summed E-state index contributed by atoms with van der Waals surface area (Å²) in [5, 5.41) is 3.29. The Morgan fingerprint density at radius 2 is 1.94 bits per heavy atom. The Morgan fingerprint density at radius 1 is 1.20 bits per heavy atom. The quantitative estimate of drug-likeness (QED) is 0.361. The third-order valence-corrected chi connectivity index (χ3v) is 7.61. The van der Waals surface area contributed by atoms with Gasteiger partial charge in [0.1, 0.15) is 17.8 Å². The lowest BCUT2D eigenvalue weighted by Gasteiger charge is -2.42. The second-order valence-electron chi connectivity index (χ2n) is 7.93. The molecular weight excluding hydrogens is 516 g/mol. The first-order valence-electron chi connectivity index (χ1n) is 10.2. The van der Waals surface area contributed by atoms with Gasteiger partial charge in [-0.15, -0.1) is 5.10 Å². The summed E-state index contributed by atoms with van der Waals surface area (Å²) in [6, 6.07) is 7.81. The van der Waals surface area contributed by atoms with Gasteiger partial charge in [0, 0.05) is 24.0 Å². The second-order valence-corrected chi connectivity index (χ2v) is 9.98. The third-order valence-electron chi connectivity index (χ3n) is 5.74. The van der Waals surface area contributed by atoms with E-state index < -0.39 is 55.2 Å². The monoisotopic (exact) mass is 532 g/mol. The first kappa shape index (κ1) is 24.9. The van der Waals surface area contributed by atoms with Crippen molar-refractivity contribution in [3.63, 3.8) is 0 Å². The van der Waals surface area contributed by atoms with Crippen molar-refractivity contribution in [2.75, 3.05) is 6.61 Å². The van der Waals surface area contributed by atoms with E-state index in [9.17, 15) is 30.8 Å². The lowest BCUT2D eigenvalue weighted by molar-refractivity contribution is -0.259. The molecule has 3 aromatic rings. The number of benzene rings is 1. The standard InChI is InChI=1S/C21H17ClF4N4O4S/c22-28-18(31)15-5-6-16(27-19(15)35(32,33)14-4-1-3-13(23)11-14)30-10-7-17(29-30)34-12-20(8-2-9-20)21(24,25)26/h1,3-7,10-11H,2,8-9,12H2,(H,28,31).